The number of carbonyl (C=O) groups excluding carboxylic acids is 1. The Hall–Kier alpha value is -1.00. The molecular weight excluding hydrogens is 282 g/mol. The third-order valence-electron chi connectivity index (χ3n) is 4.82. The molecule has 2 aliphatic rings. The Kier molecular flexibility index (Phi) is 4.55. The van der Waals surface area contributed by atoms with Gasteiger partial charge in [0.25, 0.3) is 0 Å². The molecule has 21 heavy (non-hydrogen) atoms. The van der Waals surface area contributed by atoms with Crippen LogP contribution in [-0.4, -0.2) is 40.9 Å². The van der Waals surface area contributed by atoms with Gasteiger partial charge in [0.15, 0.2) is 0 Å². The van der Waals surface area contributed by atoms with Crippen LogP contribution in [0.15, 0.2) is 23.1 Å². The molecule has 2 atom stereocenters. The van der Waals surface area contributed by atoms with Gasteiger partial charge >= 0.3 is 0 Å². The summed E-state index contributed by atoms with van der Waals surface area (Å²) in [6.45, 7) is 2.98. The smallest absolute Gasteiger partial charge is 0.233 e. The summed E-state index contributed by atoms with van der Waals surface area (Å²) in [5.41, 5.74) is 2.93. The average Bonchev–Trinajstić information content (AvgIpc) is 3.10. The van der Waals surface area contributed by atoms with Crippen LogP contribution in [0.1, 0.15) is 30.9 Å². The molecule has 1 fully saturated rings. The molecule has 1 aromatic rings. The maximum Gasteiger partial charge on any atom is 0.233 e. The largest absolute Gasteiger partial charge is 0.394 e. The zero-order valence-corrected chi connectivity index (χ0v) is 13.4. The molecule has 3 rings (SSSR count). The fraction of sp³-hybridized carbons (Fsp3) is 0.588. The summed E-state index contributed by atoms with van der Waals surface area (Å²) in [7, 11) is 0. The average molecular weight is 305 g/mol. The molecule has 0 saturated carbocycles. The molecule has 0 aromatic heterocycles. The molecular formula is C17H23NO2S. The van der Waals surface area contributed by atoms with Crippen LogP contribution in [0.25, 0.3) is 0 Å². The first-order valence-electron chi connectivity index (χ1n) is 7.84. The molecule has 1 aliphatic heterocycles. The molecule has 0 spiro atoms. The van der Waals surface area contributed by atoms with Crippen LogP contribution in [0.4, 0.5) is 0 Å². The van der Waals surface area contributed by atoms with Crippen molar-refractivity contribution in [3.63, 3.8) is 0 Å². The van der Waals surface area contributed by atoms with E-state index in [4.69, 9.17) is 0 Å². The molecule has 0 bridgehead atoms. The van der Waals surface area contributed by atoms with E-state index in [0.717, 1.165) is 13.0 Å². The lowest BCUT2D eigenvalue weighted by Gasteiger charge is -2.25. The summed E-state index contributed by atoms with van der Waals surface area (Å²) < 4.78 is 0. The van der Waals surface area contributed by atoms with Crippen molar-refractivity contribution in [2.24, 2.45) is 5.92 Å². The number of hydrogen-bond donors (Lipinski definition) is 1. The summed E-state index contributed by atoms with van der Waals surface area (Å²) >= 11 is 1.62. The molecule has 1 aromatic carbocycles. The fourth-order valence-corrected chi connectivity index (χ4v) is 4.31. The van der Waals surface area contributed by atoms with Crippen LogP contribution in [0.3, 0.4) is 0 Å². The van der Waals surface area contributed by atoms with E-state index >= 15 is 0 Å². The van der Waals surface area contributed by atoms with Gasteiger partial charge in [-0.05, 0) is 54.9 Å². The first-order chi connectivity index (χ1) is 10.2. The summed E-state index contributed by atoms with van der Waals surface area (Å²) in [5.74, 6) is 1.04. The van der Waals surface area contributed by atoms with Gasteiger partial charge < -0.3 is 10.0 Å². The number of hydrogen-bond acceptors (Lipinski definition) is 3. The zero-order valence-electron chi connectivity index (χ0n) is 12.5. The van der Waals surface area contributed by atoms with Gasteiger partial charge in [-0.3, -0.25) is 4.79 Å². The molecule has 1 N–H and O–H groups in total. The van der Waals surface area contributed by atoms with Gasteiger partial charge in [0, 0.05) is 11.4 Å². The second-order valence-corrected chi connectivity index (χ2v) is 7.22. The van der Waals surface area contributed by atoms with Crippen molar-refractivity contribution >= 4 is 17.7 Å². The van der Waals surface area contributed by atoms with Crippen LogP contribution in [0.2, 0.25) is 0 Å². The van der Waals surface area contributed by atoms with E-state index in [2.05, 4.69) is 25.1 Å². The Bertz CT molecular complexity index is 532. The molecule has 1 aliphatic carbocycles. The highest BCUT2D eigenvalue weighted by Gasteiger charge is 2.33. The van der Waals surface area contributed by atoms with E-state index in [1.807, 2.05) is 4.90 Å². The van der Waals surface area contributed by atoms with Crippen molar-refractivity contribution in [2.75, 3.05) is 18.9 Å². The standard InChI is InChI=1S/C17H23NO2S/c1-12-7-8-18(16(12)10-19)17(20)11-21-15-6-5-13-3-2-4-14(13)9-15/h5-6,9,12,16,19H,2-4,7-8,10-11H2,1H3. The van der Waals surface area contributed by atoms with Crippen LogP contribution in [0, 0.1) is 5.92 Å². The summed E-state index contributed by atoms with van der Waals surface area (Å²) in [6.07, 6.45) is 4.63. The van der Waals surface area contributed by atoms with Crippen molar-refractivity contribution in [1.29, 1.82) is 0 Å². The van der Waals surface area contributed by atoms with Gasteiger partial charge in [0.1, 0.15) is 0 Å². The van der Waals surface area contributed by atoms with Gasteiger partial charge in [0.05, 0.1) is 18.4 Å². The Morgan fingerprint density at radius 3 is 3.00 bits per heavy atom. The number of aliphatic hydroxyl groups is 1. The third kappa shape index (κ3) is 3.11. The highest BCUT2D eigenvalue weighted by Crippen LogP contribution is 2.29. The Morgan fingerprint density at radius 1 is 1.38 bits per heavy atom. The number of benzene rings is 1. The Morgan fingerprint density at radius 2 is 2.19 bits per heavy atom. The van der Waals surface area contributed by atoms with E-state index in [-0.39, 0.29) is 18.6 Å². The molecule has 2 unspecified atom stereocenters. The molecule has 0 radical (unpaired) electrons. The first-order valence-corrected chi connectivity index (χ1v) is 8.82. The van der Waals surface area contributed by atoms with Crippen LogP contribution in [-0.2, 0) is 17.6 Å². The lowest BCUT2D eigenvalue weighted by atomic mass is 10.0. The second-order valence-electron chi connectivity index (χ2n) is 6.18. The maximum atomic E-state index is 12.4. The van der Waals surface area contributed by atoms with Crippen molar-refractivity contribution in [1.82, 2.24) is 4.90 Å². The van der Waals surface area contributed by atoms with Crippen molar-refractivity contribution in [3.05, 3.63) is 29.3 Å². The van der Waals surface area contributed by atoms with Crippen molar-refractivity contribution in [3.8, 4) is 0 Å². The topological polar surface area (TPSA) is 40.5 Å². The van der Waals surface area contributed by atoms with Gasteiger partial charge in [-0.15, -0.1) is 11.8 Å². The minimum Gasteiger partial charge on any atom is -0.394 e. The summed E-state index contributed by atoms with van der Waals surface area (Å²) in [5, 5.41) is 9.45. The predicted molar refractivity (Wildman–Crippen MR) is 85.6 cm³/mol. The molecule has 1 heterocycles. The lowest BCUT2D eigenvalue weighted by Crippen LogP contribution is -2.40. The third-order valence-corrected chi connectivity index (χ3v) is 5.80. The highest BCUT2D eigenvalue weighted by atomic mass is 32.2. The molecule has 3 nitrogen and oxygen atoms in total. The van der Waals surface area contributed by atoms with E-state index in [0.29, 0.717) is 11.7 Å². The summed E-state index contributed by atoms with van der Waals surface area (Å²) in [4.78, 5) is 15.4. The number of aliphatic hydroxyl groups excluding tert-OH is 1. The quantitative estimate of drug-likeness (QED) is 0.869. The number of carbonyl (C=O) groups is 1. The fourth-order valence-electron chi connectivity index (χ4n) is 3.46. The van der Waals surface area contributed by atoms with E-state index in [9.17, 15) is 9.90 Å². The van der Waals surface area contributed by atoms with Gasteiger partial charge in [-0.1, -0.05) is 13.0 Å². The number of nitrogens with zero attached hydrogens (tertiary/aromatic N) is 1. The highest BCUT2D eigenvalue weighted by molar-refractivity contribution is 8.00. The minimum absolute atomic E-state index is 0.0121. The monoisotopic (exact) mass is 305 g/mol. The van der Waals surface area contributed by atoms with E-state index < -0.39 is 0 Å². The van der Waals surface area contributed by atoms with Gasteiger partial charge in [0.2, 0.25) is 5.91 Å². The second kappa shape index (κ2) is 6.41. The van der Waals surface area contributed by atoms with Crippen molar-refractivity contribution in [2.45, 2.75) is 43.5 Å². The van der Waals surface area contributed by atoms with Crippen LogP contribution >= 0.6 is 11.8 Å². The Labute approximate surface area is 130 Å². The number of thioether (sulfide) groups is 1. The predicted octanol–water partition coefficient (Wildman–Crippen LogP) is 2.50. The molecule has 4 heteroatoms. The Balaban J connectivity index is 1.58. The number of fused-ring (bicyclic) bond motifs is 1. The van der Waals surface area contributed by atoms with Crippen LogP contribution < -0.4 is 0 Å². The normalized spacial score (nSPS) is 24.4. The van der Waals surface area contributed by atoms with Gasteiger partial charge in [-0.25, -0.2) is 0 Å². The minimum atomic E-state index is 0.0121. The van der Waals surface area contributed by atoms with Crippen LogP contribution in [0.5, 0.6) is 0 Å². The molecule has 1 saturated heterocycles. The van der Waals surface area contributed by atoms with Gasteiger partial charge in [-0.2, -0.15) is 0 Å². The number of rotatable bonds is 4. The zero-order chi connectivity index (χ0) is 14.8. The lowest BCUT2D eigenvalue weighted by molar-refractivity contribution is -0.130. The molecule has 1 amide bonds. The van der Waals surface area contributed by atoms with Crippen molar-refractivity contribution < 1.29 is 9.90 Å². The number of likely N-dealkylation sites (tertiary alicyclic amines) is 1. The van der Waals surface area contributed by atoms with E-state index in [1.165, 1.54) is 35.3 Å². The number of amides is 1. The maximum absolute atomic E-state index is 12.4. The SMILES string of the molecule is CC1CCN(C(=O)CSc2ccc3c(c2)CCC3)C1CO. The van der Waals surface area contributed by atoms with E-state index in [1.54, 1.807) is 11.8 Å². The first kappa shape index (κ1) is 14.9. The number of aryl methyl sites for hydroxylation is 2. The molecule has 114 valence electrons. The summed E-state index contributed by atoms with van der Waals surface area (Å²) in [6, 6.07) is 6.61.